The third-order valence-electron chi connectivity index (χ3n) is 7.15. The molecule has 138 valence electrons. The van der Waals surface area contributed by atoms with Crippen molar-refractivity contribution in [2.24, 2.45) is 5.41 Å². The number of carbonyl (C=O) groups is 1. The summed E-state index contributed by atoms with van der Waals surface area (Å²) in [5.74, 6) is 1.17. The first-order chi connectivity index (χ1) is 12.6. The van der Waals surface area contributed by atoms with Crippen LogP contribution >= 0.6 is 0 Å². The molecule has 3 heterocycles. The number of amides is 1. The number of hydrogen-bond donors (Lipinski definition) is 1. The second kappa shape index (κ2) is 5.81. The van der Waals surface area contributed by atoms with E-state index in [1.807, 2.05) is 25.1 Å². The highest BCUT2D eigenvalue weighted by Gasteiger charge is 2.55. The molecule has 5 rings (SSSR count). The summed E-state index contributed by atoms with van der Waals surface area (Å²) in [4.78, 5) is 20.2. The number of benzene rings is 1. The van der Waals surface area contributed by atoms with Crippen LogP contribution in [-0.2, 0) is 11.3 Å². The number of imidazole rings is 1. The van der Waals surface area contributed by atoms with E-state index in [4.69, 9.17) is 0 Å². The summed E-state index contributed by atoms with van der Waals surface area (Å²) in [7, 11) is 0. The first kappa shape index (κ1) is 16.3. The second-order valence-electron chi connectivity index (χ2n) is 8.71. The molecule has 1 amide bonds. The number of nitrogens with zero attached hydrogens (tertiary/aromatic N) is 3. The van der Waals surface area contributed by atoms with E-state index in [-0.39, 0.29) is 11.3 Å². The molecular weight excluding hydrogens is 324 g/mol. The lowest BCUT2D eigenvalue weighted by Gasteiger charge is -2.46. The molecule has 0 unspecified atom stereocenters. The summed E-state index contributed by atoms with van der Waals surface area (Å²) in [6, 6.07) is 9.52. The van der Waals surface area contributed by atoms with Crippen LogP contribution in [0.25, 0.3) is 11.0 Å². The van der Waals surface area contributed by atoms with Crippen molar-refractivity contribution in [3.8, 4) is 0 Å². The van der Waals surface area contributed by atoms with Crippen LogP contribution in [0.4, 0.5) is 0 Å². The Bertz CT molecular complexity index is 859. The maximum absolute atomic E-state index is 13.4. The van der Waals surface area contributed by atoms with Crippen LogP contribution in [0.15, 0.2) is 24.3 Å². The van der Waals surface area contributed by atoms with Gasteiger partial charge in [0.15, 0.2) is 0 Å². The van der Waals surface area contributed by atoms with Crippen LogP contribution in [0, 0.1) is 12.3 Å². The number of hydrogen-bond acceptors (Lipinski definition) is 3. The van der Waals surface area contributed by atoms with Gasteiger partial charge in [0.1, 0.15) is 12.4 Å². The second-order valence-corrected chi connectivity index (χ2v) is 8.71. The lowest BCUT2D eigenvalue weighted by Crippen LogP contribution is -2.56. The molecule has 1 aromatic heterocycles. The van der Waals surface area contributed by atoms with Gasteiger partial charge in [0.05, 0.1) is 11.0 Å². The van der Waals surface area contributed by atoms with Gasteiger partial charge in [-0.1, -0.05) is 31.9 Å². The molecule has 5 heteroatoms. The topological polar surface area (TPSA) is 50.2 Å². The van der Waals surface area contributed by atoms with E-state index in [9.17, 15) is 4.79 Å². The predicted octanol–water partition coefficient (Wildman–Crippen LogP) is 2.87. The Morgan fingerprint density at radius 1 is 1.31 bits per heavy atom. The number of carbonyl (C=O) groups excluding carboxylic acids is 1. The molecule has 1 N–H and O–H groups in total. The van der Waals surface area contributed by atoms with E-state index in [2.05, 4.69) is 32.8 Å². The smallest absolute Gasteiger partial charge is 0.242 e. The molecule has 1 aromatic carbocycles. The lowest BCUT2D eigenvalue weighted by atomic mass is 9.71. The highest BCUT2D eigenvalue weighted by atomic mass is 16.2. The molecule has 2 saturated heterocycles. The van der Waals surface area contributed by atoms with Gasteiger partial charge in [-0.15, -0.1) is 0 Å². The highest BCUT2D eigenvalue weighted by molar-refractivity contribution is 5.81. The van der Waals surface area contributed by atoms with Crippen LogP contribution in [0.2, 0.25) is 0 Å². The number of likely N-dealkylation sites (tertiary alicyclic amines) is 1. The average Bonchev–Trinajstić information content (AvgIpc) is 3.01. The summed E-state index contributed by atoms with van der Waals surface area (Å²) in [5.41, 5.74) is 2.27. The highest BCUT2D eigenvalue weighted by Crippen LogP contribution is 2.48. The van der Waals surface area contributed by atoms with Crippen LogP contribution < -0.4 is 5.32 Å². The molecule has 1 aliphatic carbocycles. The maximum atomic E-state index is 13.4. The van der Waals surface area contributed by atoms with Crippen molar-refractivity contribution in [3.63, 3.8) is 0 Å². The standard InChI is InChI=1S/C21H28N4O/c1-14-22-16-7-3-4-8-17(16)24(14)13-20(26)25-12-15-11-21(2)18(23-15)9-5-6-10-19(21)25/h3-4,7-8,15,18-19,23H,5-6,9-13H2,1-2H3/t15-,18-,19+,21-/m0/s1. The molecule has 0 radical (unpaired) electrons. The number of piperidine rings is 1. The molecule has 2 aromatic rings. The molecule has 0 spiro atoms. The zero-order valence-corrected chi connectivity index (χ0v) is 15.7. The Hall–Kier alpha value is -1.88. The Labute approximate surface area is 154 Å². The van der Waals surface area contributed by atoms with E-state index in [1.54, 1.807) is 0 Å². The third-order valence-corrected chi connectivity index (χ3v) is 7.15. The van der Waals surface area contributed by atoms with Gasteiger partial charge in [-0.25, -0.2) is 4.98 Å². The van der Waals surface area contributed by atoms with Crippen molar-refractivity contribution in [1.82, 2.24) is 19.8 Å². The quantitative estimate of drug-likeness (QED) is 0.904. The Morgan fingerprint density at radius 2 is 2.12 bits per heavy atom. The van der Waals surface area contributed by atoms with Crippen molar-refractivity contribution in [2.75, 3.05) is 6.54 Å². The van der Waals surface area contributed by atoms with Crippen molar-refractivity contribution in [1.29, 1.82) is 0 Å². The monoisotopic (exact) mass is 352 g/mol. The molecule has 3 aliphatic rings. The normalized spacial score (nSPS) is 33.5. The summed E-state index contributed by atoms with van der Waals surface area (Å²) < 4.78 is 2.08. The van der Waals surface area contributed by atoms with E-state index >= 15 is 0 Å². The molecule has 1 saturated carbocycles. The van der Waals surface area contributed by atoms with Gasteiger partial charge in [0, 0.05) is 30.1 Å². The van der Waals surface area contributed by atoms with Crippen molar-refractivity contribution in [2.45, 2.75) is 70.6 Å². The fourth-order valence-electron chi connectivity index (χ4n) is 5.90. The van der Waals surface area contributed by atoms with Gasteiger partial charge in [-0.05, 0) is 38.3 Å². The summed E-state index contributed by atoms with van der Waals surface area (Å²) in [6.07, 6.45) is 6.15. The summed E-state index contributed by atoms with van der Waals surface area (Å²) in [6.45, 7) is 5.67. The minimum atomic E-state index is 0.237. The maximum Gasteiger partial charge on any atom is 0.242 e. The number of aromatic nitrogens is 2. The van der Waals surface area contributed by atoms with Gasteiger partial charge in [0.25, 0.3) is 0 Å². The molecule has 2 aliphatic heterocycles. The minimum absolute atomic E-state index is 0.237. The zero-order valence-electron chi connectivity index (χ0n) is 15.7. The first-order valence-electron chi connectivity index (χ1n) is 10.0. The van der Waals surface area contributed by atoms with Gasteiger partial charge >= 0.3 is 0 Å². The molecular formula is C21H28N4O. The minimum Gasteiger partial charge on any atom is -0.336 e. The Kier molecular flexibility index (Phi) is 3.64. The first-order valence-corrected chi connectivity index (χ1v) is 10.0. The van der Waals surface area contributed by atoms with Crippen molar-refractivity contribution >= 4 is 16.9 Å². The third kappa shape index (κ3) is 2.33. The number of nitrogens with one attached hydrogen (secondary N) is 1. The zero-order chi connectivity index (χ0) is 17.9. The fourth-order valence-corrected chi connectivity index (χ4v) is 5.90. The molecule has 2 bridgehead atoms. The van der Waals surface area contributed by atoms with Crippen LogP contribution in [-0.4, -0.2) is 45.0 Å². The number of aryl methyl sites for hydroxylation is 1. The van der Waals surface area contributed by atoms with E-state index in [1.165, 1.54) is 25.7 Å². The van der Waals surface area contributed by atoms with Gasteiger partial charge in [0.2, 0.25) is 5.91 Å². The Balaban J connectivity index is 1.46. The van der Waals surface area contributed by atoms with E-state index in [0.717, 1.165) is 29.8 Å². The SMILES string of the molecule is Cc1nc2ccccc2n1CC(=O)N1C[C@@H]2C[C@@]3(C)[C@H](CCCC[C@@H]13)N2. The van der Waals surface area contributed by atoms with Crippen LogP contribution in [0.5, 0.6) is 0 Å². The van der Waals surface area contributed by atoms with Crippen molar-refractivity contribution in [3.05, 3.63) is 30.1 Å². The summed E-state index contributed by atoms with van der Waals surface area (Å²) >= 11 is 0. The van der Waals surface area contributed by atoms with Crippen LogP contribution in [0.3, 0.4) is 0 Å². The van der Waals surface area contributed by atoms with Gasteiger partial charge in [-0.2, -0.15) is 0 Å². The van der Waals surface area contributed by atoms with E-state index < -0.39 is 0 Å². The lowest BCUT2D eigenvalue weighted by molar-refractivity contribution is -0.139. The largest absolute Gasteiger partial charge is 0.336 e. The van der Waals surface area contributed by atoms with E-state index in [0.29, 0.717) is 24.7 Å². The molecule has 3 fully saturated rings. The fraction of sp³-hybridized carbons (Fsp3) is 0.619. The molecule has 26 heavy (non-hydrogen) atoms. The van der Waals surface area contributed by atoms with Crippen LogP contribution in [0.1, 0.15) is 44.9 Å². The number of para-hydroxylation sites is 2. The molecule has 5 nitrogen and oxygen atoms in total. The predicted molar refractivity (Wildman–Crippen MR) is 102 cm³/mol. The van der Waals surface area contributed by atoms with Gasteiger partial charge < -0.3 is 14.8 Å². The number of rotatable bonds is 2. The van der Waals surface area contributed by atoms with Gasteiger partial charge in [-0.3, -0.25) is 4.79 Å². The molecule has 4 atom stereocenters. The summed E-state index contributed by atoms with van der Waals surface area (Å²) in [5, 5.41) is 3.84. The average molecular weight is 352 g/mol. The van der Waals surface area contributed by atoms with Crippen molar-refractivity contribution < 1.29 is 4.79 Å². The number of fused-ring (bicyclic) bond motifs is 2. The Morgan fingerprint density at radius 3 is 3.00 bits per heavy atom.